The number of H-pyrrole nitrogens is 1. The van der Waals surface area contributed by atoms with E-state index in [9.17, 15) is 4.79 Å². The van der Waals surface area contributed by atoms with Gasteiger partial charge in [-0.15, -0.1) is 0 Å². The molecule has 2 N–H and O–H groups in total. The van der Waals surface area contributed by atoms with Gasteiger partial charge in [0.1, 0.15) is 11.4 Å². The van der Waals surface area contributed by atoms with Crippen LogP contribution in [0, 0.1) is 0 Å². The summed E-state index contributed by atoms with van der Waals surface area (Å²) in [6, 6.07) is 8.97. The summed E-state index contributed by atoms with van der Waals surface area (Å²) in [6.07, 6.45) is 1.71. The number of rotatable bonds is 3. The van der Waals surface area contributed by atoms with E-state index in [-0.39, 0.29) is 5.91 Å². The number of ether oxygens (including phenoxy) is 1. The molecule has 1 amide bonds. The van der Waals surface area contributed by atoms with Crippen molar-refractivity contribution in [2.75, 3.05) is 12.4 Å². The van der Waals surface area contributed by atoms with Gasteiger partial charge in [-0.25, -0.2) is 0 Å². The normalized spacial score (nSPS) is 10.0. The average Bonchev–Trinajstić information content (AvgIpc) is 2.77. The quantitative estimate of drug-likeness (QED) is 0.914. The lowest BCUT2D eigenvalue weighted by Crippen LogP contribution is -2.12. The third kappa shape index (κ3) is 2.68. The van der Waals surface area contributed by atoms with Crippen LogP contribution >= 0.6 is 15.9 Å². The van der Waals surface area contributed by atoms with Gasteiger partial charge in [0.2, 0.25) is 0 Å². The van der Waals surface area contributed by atoms with Gasteiger partial charge in [0.05, 0.1) is 12.8 Å². The number of hydrogen-bond acceptors (Lipinski definition) is 2. The van der Waals surface area contributed by atoms with Crippen molar-refractivity contribution in [2.45, 2.75) is 0 Å². The molecule has 0 unspecified atom stereocenters. The zero-order valence-electron chi connectivity index (χ0n) is 9.16. The molecule has 0 aliphatic rings. The lowest BCUT2D eigenvalue weighted by molar-refractivity contribution is 0.102. The van der Waals surface area contributed by atoms with Crippen LogP contribution in [0.5, 0.6) is 5.75 Å². The molecule has 0 fully saturated rings. The van der Waals surface area contributed by atoms with Crippen LogP contribution in [0.4, 0.5) is 5.69 Å². The van der Waals surface area contributed by atoms with E-state index < -0.39 is 0 Å². The molecule has 4 nitrogen and oxygen atoms in total. The smallest absolute Gasteiger partial charge is 0.272 e. The van der Waals surface area contributed by atoms with Crippen LogP contribution in [0.3, 0.4) is 0 Å². The largest absolute Gasteiger partial charge is 0.495 e. The molecule has 0 saturated heterocycles. The Morgan fingerprint density at radius 3 is 2.82 bits per heavy atom. The summed E-state index contributed by atoms with van der Waals surface area (Å²) < 4.78 is 5.99. The summed E-state index contributed by atoms with van der Waals surface area (Å²) in [7, 11) is 1.57. The Morgan fingerprint density at radius 1 is 1.41 bits per heavy atom. The van der Waals surface area contributed by atoms with Gasteiger partial charge in [0.25, 0.3) is 5.91 Å². The van der Waals surface area contributed by atoms with Crippen LogP contribution < -0.4 is 10.1 Å². The highest BCUT2D eigenvalue weighted by molar-refractivity contribution is 9.10. The molecule has 2 rings (SSSR count). The number of hydrogen-bond donors (Lipinski definition) is 2. The van der Waals surface area contributed by atoms with E-state index in [0.29, 0.717) is 17.1 Å². The summed E-state index contributed by atoms with van der Waals surface area (Å²) in [4.78, 5) is 14.7. The van der Waals surface area contributed by atoms with E-state index >= 15 is 0 Å². The second-order valence-electron chi connectivity index (χ2n) is 3.39. The number of aromatic nitrogens is 1. The van der Waals surface area contributed by atoms with Crippen molar-refractivity contribution in [3.05, 3.63) is 46.7 Å². The van der Waals surface area contributed by atoms with Crippen molar-refractivity contribution in [2.24, 2.45) is 0 Å². The molecular formula is C12H11BrN2O2. The molecule has 0 aliphatic carbocycles. The molecule has 0 aliphatic heterocycles. The van der Waals surface area contributed by atoms with E-state index in [1.807, 2.05) is 12.1 Å². The van der Waals surface area contributed by atoms with Gasteiger partial charge in [0.15, 0.2) is 0 Å². The second kappa shape index (κ2) is 5.05. The molecule has 0 spiro atoms. The van der Waals surface area contributed by atoms with Crippen LogP contribution in [-0.2, 0) is 0 Å². The zero-order chi connectivity index (χ0) is 12.3. The minimum absolute atomic E-state index is 0.208. The van der Waals surface area contributed by atoms with E-state index in [2.05, 4.69) is 26.2 Å². The number of methoxy groups -OCH3 is 1. The monoisotopic (exact) mass is 294 g/mol. The summed E-state index contributed by atoms with van der Waals surface area (Å²) in [5, 5.41) is 2.78. The molecule has 0 bridgehead atoms. The van der Waals surface area contributed by atoms with Crippen LogP contribution in [0.15, 0.2) is 41.0 Å². The van der Waals surface area contributed by atoms with Crippen LogP contribution in [-0.4, -0.2) is 18.0 Å². The maximum Gasteiger partial charge on any atom is 0.272 e. The number of amides is 1. The van der Waals surface area contributed by atoms with Gasteiger partial charge in [-0.05, 0) is 34.1 Å². The Kier molecular flexibility index (Phi) is 3.49. The van der Waals surface area contributed by atoms with Gasteiger partial charge in [-0.2, -0.15) is 0 Å². The van der Waals surface area contributed by atoms with Crippen LogP contribution in [0.1, 0.15) is 10.5 Å². The standard InChI is InChI=1S/C12H11BrN2O2/c1-17-11-5-3-2-4-9(11)15-12(16)10-6-8(13)7-14-10/h2-7,14H,1H3,(H,15,16). The summed E-state index contributed by atoms with van der Waals surface area (Å²) >= 11 is 3.28. The Morgan fingerprint density at radius 2 is 2.18 bits per heavy atom. The van der Waals surface area contributed by atoms with Crippen molar-refractivity contribution < 1.29 is 9.53 Å². The molecule has 1 aromatic heterocycles. The van der Waals surface area contributed by atoms with Crippen molar-refractivity contribution in [1.29, 1.82) is 0 Å². The van der Waals surface area contributed by atoms with Gasteiger partial charge >= 0.3 is 0 Å². The number of aromatic amines is 1. The molecule has 5 heteroatoms. The van der Waals surface area contributed by atoms with Crippen molar-refractivity contribution in [3.63, 3.8) is 0 Å². The topological polar surface area (TPSA) is 54.1 Å². The molecule has 0 saturated carbocycles. The molecule has 0 atom stereocenters. The van der Waals surface area contributed by atoms with Crippen molar-refractivity contribution >= 4 is 27.5 Å². The number of halogens is 1. The first kappa shape index (κ1) is 11.7. The number of carbonyl (C=O) groups excluding carboxylic acids is 1. The molecule has 17 heavy (non-hydrogen) atoms. The van der Waals surface area contributed by atoms with E-state index in [1.54, 1.807) is 31.5 Å². The third-order valence-electron chi connectivity index (χ3n) is 2.25. The maximum atomic E-state index is 11.9. The first-order valence-electron chi connectivity index (χ1n) is 4.99. The van der Waals surface area contributed by atoms with E-state index in [0.717, 1.165) is 4.47 Å². The van der Waals surface area contributed by atoms with E-state index in [4.69, 9.17) is 4.74 Å². The minimum Gasteiger partial charge on any atom is -0.495 e. The Hall–Kier alpha value is -1.75. The first-order chi connectivity index (χ1) is 8.20. The number of para-hydroxylation sites is 2. The molecule has 88 valence electrons. The van der Waals surface area contributed by atoms with Crippen molar-refractivity contribution in [1.82, 2.24) is 4.98 Å². The lowest BCUT2D eigenvalue weighted by atomic mass is 10.3. The minimum atomic E-state index is -0.208. The van der Waals surface area contributed by atoms with Crippen LogP contribution in [0.2, 0.25) is 0 Å². The predicted octanol–water partition coefficient (Wildman–Crippen LogP) is 3.04. The Balaban J connectivity index is 2.18. The fourth-order valence-corrected chi connectivity index (χ4v) is 1.78. The summed E-state index contributed by atoms with van der Waals surface area (Å²) in [5.74, 6) is 0.423. The average molecular weight is 295 g/mol. The van der Waals surface area contributed by atoms with Gasteiger partial charge in [-0.1, -0.05) is 12.1 Å². The number of carbonyl (C=O) groups is 1. The predicted molar refractivity (Wildman–Crippen MR) is 69.4 cm³/mol. The Bertz CT molecular complexity index is 537. The number of anilines is 1. The third-order valence-corrected chi connectivity index (χ3v) is 2.71. The highest BCUT2D eigenvalue weighted by Gasteiger charge is 2.10. The fraction of sp³-hybridized carbons (Fsp3) is 0.0833. The van der Waals surface area contributed by atoms with E-state index in [1.165, 1.54) is 0 Å². The maximum absolute atomic E-state index is 11.9. The highest BCUT2D eigenvalue weighted by Crippen LogP contribution is 2.23. The second-order valence-corrected chi connectivity index (χ2v) is 4.30. The fourth-order valence-electron chi connectivity index (χ4n) is 1.44. The highest BCUT2D eigenvalue weighted by atomic mass is 79.9. The SMILES string of the molecule is COc1ccccc1NC(=O)c1cc(Br)c[nH]1. The first-order valence-corrected chi connectivity index (χ1v) is 5.78. The molecule has 1 heterocycles. The van der Waals surface area contributed by atoms with Gasteiger partial charge in [-0.3, -0.25) is 4.79 Å². The van der Waals surface area contributed by atoms with Gasteiger partial charge in [0, 0.05) is 10.7 Å². The number of benzene rings is 1. The molecule has 0 radical (unpaired) electrons. The molecule has 1 aromatic carbocycles. The Labute approximate surface area is 107 Å². The van der Waals surface area contributed by atoms with Gasteiger partial charge < -0.3 is 15.0 Å². The van der Waals surface area contributed by atoms with Crippen molar-refractivity contribution in [3.8, 4) is 5.75 Å². The molecule has 2 aromatic rings. The van der Waals surface area contributed by atoms with Crippen LogP contribution in [0.25, 0.3) is 0 Å². The lowest BCUT2D eigenvalue weighted by Gasteiger charge is -2.08. The summed E-state index contributed by atoms with van der Waals surface area (Å²) in [5.41, 5.74) is 1.13. The summed E-state index contributed by atoms with van der Waals surface area (Å²) in [6.45, 7) is 0. The molecular weight excluding hydrogens is 284 g/mol. The number of nitrogens with one attached hydrogen (secondary N) is 2. The zero-order valence-corrected chi connectivity index (χ0v) is 10.7.